The summed E-state index contributed by atoms with van der Waals surface area (Å²) >= 11 is 0. The summed E-state index contributed by atoms with van der Waals surface area (Å²) in [5.41, 5.74) is 3.50. The third kappa shape index (κ3) is 4.51. The van der Waals surface area contributed by atoms with E-state index < -0.39 is 23.5 Å². The third-order valence-electron chi connectivity index (χ3n) is 8.07. The Balaban J connectivity index is 1.22. The van der Waals surface area contributed by atoms with Crippen LogP contribution in [0, 0.1) is 17.8 Å². The van der Waals surface area contributed by atoms with Crippen LogP contribution in [0.15, 0.2) is 48.5 Å². The number of rotatable bonds is 8. The zero-order chi connectivity index (χ0) is 24.6. The van der Waals surface area contributed by atoms with Gasteiger partial charge in [0.1, 0.15) is 12.1 Å². The lowest BCUT2D eigenvalue weighted by molar-refractivity contribution is -0.143. The maximum absolute atomic E-state index is 13.2. The van der Waals surface area contributed by atoms with Gasteiger partial charge in [0.05, 0.1) is 5.92 Å². The second kappa shape index (κ2) is 9.36. The van der Waals surface area contributed by atoms with Gasteiger partial charge in [0.15, 0.2) is 0 Å². The Morgan fingerprint density at radius 2 is 1.60 bits per heavy atom. The minimum atomic E-state index is -1.08. The first kappa shape index (κ1) is 23.4. The number of aliphatic carboxylic acids is 1. The van der Waals surface area contributed by atoms with Crippen molar-refractivity contribution in [2.45, 2.75) is 50.5 Å². The van der Waals surface area contributed by atoms with Gasteiger partial charge in [-0.25, -0.2) is 4.79 Å². The summed E-state index contributed by atoms with van der Waals surface area (Å²) in [7, 11) is 0. The third-order valence-corrected chi connectivity index (χ3v) is 8.07. The molecule has 5 rings (SSSR count). The average molecular weight is 477 g/mol. The molecular formula is C28H32N2O5. The van der Waals surface area contributed by atoms with E-state index in [9.17, 15) is 19.5 Å². The van der Waals surface area contributed by atoms with E-state index in [4.69, 9.17) is 4.74 Å². The van der Waals surface area contributed by atoms with Crippen molar-refractivity contribution in [2.75, 3.05) is 13.2 Å². The summed E-state index contributed by atoms with van der Waals surface area (Å²) in [6.07, 6.45) is 3.39. The molecule has 0 spiro atoms. The Morgan fingerprint density at radius 1 is 0.971 bits per heavy atom. The van der Waals surface area contributed by atoms with Crippen molar-refractivity contribution in [3.8, 4) is 11.1 Å². The van der Waals surface area contributed by atoms with Gasteiger partial charge >= 0.3 is 12.1 Å². The Bertz CT molecular complexity index is 1100. The first-order valence-corrected chi connectivity index (χ1v) is 12.5. The number of ether oxygens (including phenoxy) is 1. The molecule has 35 heavy (non-hydrogen) atoms. The summed E-state index contributed by atoms with van der Waals surface area (Å²) in [5, 5.41) is 15.2. The maximum Gasteiger partial charge on any atom is 0.408 e. The van der Waals surface area contributed by atoms with Crippen molar-refractivity contribution in [1.82, 2.24) is 10.6 Å². The topological polar surface area (TPSA) is 105 Å². The van der Waals surface area contributed by atoms with Gasteiger partial charge in [0.2, 0.25) is 5.91 Å². The molecule has 184 valence electrons. The lowest BCUT2D eigenvalue weighted by atomic mass is 9.92. The highest BCUT2D eigenvalue weighted by Crippen LogP contribution is 2.45. The van der Waals surface area contributed by atoms with Crippen LogP contribution in [0.4, 0.5) is 4.79 Å². The predicted molar refractivity (Wildman–Crippen MR) is 131 cm³/mol. The van der Waals surface area contributed by atoms with Crippen LogP contribution in [0.3, 0.4) is 0 Å². The SMILES string of the molecule is CC(NC(=O)OCC1c2ccccc2-c2ccccc21)(C(=O)NC[C@@H]1CCC[C@@H]1C(=O)O)C1CC1. The predicted octanol–water partition coefficient (Wildman–Crippen LogP) is 4.31. The number of carboxylic acids is 1. The fourth-order valence-corrected chi connectivity index (χ4v) is 5.87. The highest BCUT2D eigenvalue weighted by atomic mass is 16.5. The van der Waals surface area contributed by atoms with Crippen molar-refractivity contribution in [3.05, 3.63) is 59.7 Å². The van der Waals surface area contributed by atoms with Gasteiger partial charge < -0.3 is 20.5 Å². The first-order chi connectivity index (χ1) is 16.9. The molecule has 2 fully saturated rings. The smallest absolute Gasteiger partial charge is 0.408 e. The molecule has 7 nitrogen and oxygen atoms in total. The van der Waals surface area contributed by atoms with Crippen molar-refractivity contribution in [2.24, 2.45) is 17.8 Å². The zero-order valence-corrected chi connectivity index (χ0v) is 20.0. The van der Waals surface area contributed by atoms with E-state index in [-0.39, 0.29) is 30.3 Å². The van der Waals surface area contributed by atoms with Crippen molar-refractivity contribution in [3.63, 3.8) is 0 Å². The van der Waals surface area contributed by atoms with Gasteiger partial charge in [-0.3, -0.25) is 9.59 Å². The second-order valence-corrected chi connectivity index (χ2v) is 10.3. The molecule has 2 aromatic rings. The number of carbonyl (C=O) groups excluding carboxylic acids is 2. The van der Waals surface area contributed by atoms with Crippen molar-refractivity contribution in [1.29, 1.82) is 0 Å². The summed E-state index contributed by atoms with van der Waals surface area (Å²) < 4.78 is 5.68. The molecule has 3 atom stereocenters. The summed E-state index contributed by atoms with van der Waals surface area (Å²) in [4.78, 5) is 37.5. The highest BCUT2D eigenvalue weighted by Gasteiger charge is 2.49. The largest absolute Gasteiger partial charge is 0.481 e. The lowest BCUT2D eigenvalue weighted by Gasteiger charge is -2.30. The Labute approximate surface area is 205 Å². The van der Waals surface area contributed by atoms with Gasteiger partial charge in [-0.05, 0) is 66.7 Å². The number of nitrogens with one attached hydrogen (secondary N) is 2. The molecule has 0 heterocycles. The number of carbonyl (C=O) groups is 3. The fraction of sp³-hybridized carbons (Fsp3) is 0.464. The Kier molecular flexibility index (Phi) is 6.26. The van der Waals surface area contributed by atoms with E-state index >= 15 is 0 Å². The lowest BCUT2D eigenvalue weighted by Crippen LogP contribution is -2.59. The van der Waals surface area contributed by atoms with E-state index in [1.54, 1.807) is 6.92 Å². The standard InChI is InChI=1S/C28H32N2O5/c1-28(18-13-14-18,26(33)29-15-17-7-6-12-19(17)25(31)32)30-27(34)35-16-24-22-10-4-2-8-20(22)21-9-3-5-11-23(21)24/h2-5,8-11,17-19,24H,6-7,12-16H2,1H3,(H,29,33)(H,30,34)(H,31,32)/t17-,19-,28?/m0/s1. The number of alkyl carbamates (subject to hydrolysis) is 1. The number of carboxylic acid groups (broad SMARTS) is 1. The molecule has 7 heteroatoms. The number of amides is 2. The molecular weight excluding hydrogens is 444 g/mol. The molecule has 3 aliphatic rings. The van der Waals surface area contributed by atoms with Crippen LogP contribution < -0.4 is 10.6 Å². The van der Waals surface area contributed by atoms with Gasteiger partial charge in [-0.2, -0.15) is 0 Å². The van der Waals surface area contributed by atoms with Crippen LogP contribution in [0.25, 0.3) is 11.1 Å². The van der Waals surface area contributed by atoms with E-state index in [2.05, 4.69) is 34.9 Å². The van der Waals surface area contributed by atoms with Gasteiger partial charge in [-0.1, -0.05) is 55.0 Å². The molecule has 0 radical (unpaired) electrons. The minimum Gasteiger partial charge on any atom is -0.481 e. The maximum atomic E-state index is 13.2. The fourth-order valence-electron chi connectivity index (χ4n) is 5.87. The molecule has 0 aliphatic heterocycles. The van der Waals surface area contributed by atoms with E-state index in [0.29, 0.717) is 13.0 Å². The highest BCUT2D eigenvalue weighted by molar-refractivity contribution is 5.90. The molecule has 0 aromatic heterocycles. The van der Waals surface area contributed by atoms with E-state index in [0.717, 1.165) is 47.9 Å². The summed E-state index contributed by atoms with van der Waals surface area (Å²) in [5.74, 6) is -1.58. The second-order valence-electron chi connectivity index (χ2n) is 10.3. The zero-order valence-electron chi connectivity index (χ0n) is 20.0. The number of benzene rings is 2. The van der Waals surface area contributed by atoms with E-state index in [1.807, 2.05) is 24.3 Å². The van der Waals surface area contributed by atoms with Crippen LogP contribution in [0.1, 0.15) is 56.1 Å². The molecule has 3 N–H and O–H groups in total. The van der Waals surface area contributed by atoms with Gasteiger partial charge in [0, 0.05) is 12.5 Å². The van der Waals surface area contributed by atoms with Gasteiger partial charge in [-0.15, -0.1) is 0 Å². The molecule has 0 saturated heterocycles. The van der Waals surface area contributed by atoms with Crippen molar-refractivity contribution >= 4 is 18.0 Å². The molecule has 0 bridgehead atoms. The Hall–Kier alpha value is -3.35. The molecule has 2 saturated carbocycles. The van der Waals surface area contributed by atoms with Crippen LogP contribution >= 0.6 is 0 Å². The minimum absolute atomic E-state index is 0.0434. The van der Waals surface area contributed by atoms with Crippen molar-refractivity contribution < 1.29 is 24.2 Å². The summed E-state index contributed by atoms with van der Waals surface area (Å²) in [6, 6.07) is 16.3. The molecule has 3 aliphatic carbocycles. The Morgan fingerprint density at radius 3 is 2.20 bits per heavy atom. The number of hydrogen-bond acceptors (Lipinski definition) is 4. The summed E-state index contributed by atoms with van der Waals surface area (Å²) in [6.45, 7) is 2.24. The van der Waals surface area contributed by atoms with Crippen LogP contribution in [0.5, 0.6) is 0 Å². The molecule has 2 aromatic carbocycles. The monoisotopic (exact) mass is 476 g/mol. The van der Waals surface area contributed by atoms with Crippen LogP contribution in [0.2, 0.25) is 0 Å². The van der Waals surface area contributed by atoms with Gasteiger partial charge in [0.25, 0.3) is 0 Å². The van der Waals surface area contributed by atoms with Crippen LogP contribution in [-0.2, 0) is 14.3 Å². The average Bonchev–Trinajstić information content (AvgIpc) is 3.53. The molecule has 1 unspecified atom stereocenters. The van der Waals surface area contributed by atoms with E-state index in [1.165, 1.54) is 0 Å². The molecule has 2 amide bonds. The van der Waals surface area contributed by atoms with Crippen LogP contribution in [-0.4, -0.2) is 41.8 Å². The quantitative estimate of drug-likeness (QED) is 0.527. The number of hydrogen-bond donors (Lipinski definition) is 3. The normalized spacial score (nSPS) is 22.5. The first-order valence-electron chi connectivity index (χ1n) is 12.5. The number of fused-ring (bicyclic) bond motifs is 3.